The number of halogens is 1. The molecule has 0 aromatic heterocycles. The van der Waals surface area contributed by atoms with Gasteiger partial charge in [-0.05, 0) is 70.6 Å². The van der Waals surface area contributed by atoms with E-state index < -0.39 is 0 Å². The van der Waals surface area contributed by atoms with Crippen molar-refractivity contribution in [1.82, 2.24) is 0 Å². The van der Waals surface area contributed by atoms with Crippen LogP contribution >= 0.6 is 34.4 Å². The molecule has 0 aliphatic carbocycles. The number of carbonyl (C=O) groups is 1. The van der Waals surface area contributed by atoms with Gasteiger partial charge in [-0.3, -0.25) is 4.79 Å². The van der Waals surface area contributed by atoms with Crippen LogP contribution in [0.25, 0.3) is 0 Å². The minimum absolute atomic E-state index is 0.0499. The highest BCUT2D eigenvalue weighted by Crippen LogP contribution is 2.39. The number of hydrogen-bond donors (Lipinski definition) is 0. The molecule has 1 atom stereocenters. The summed E-state index contributed by atoms with van der Waals surface area (Å²) in [5.74, 6) is 1.81. The predicted octanol–water partition coefficient (Wildman–Crippen LogP) is 6.49. The summed E-state index contributed by atoms with van der Waals surface area (Å²) in [6, 6.07) is 23.6. The van der Waals surface area contributed by atoms with Crippen molar-refractivity contribution in [3.8, 4) is 17.2 Å². The average Bonchev–Trinajstić information content (AvgIpc) is 2.74. The number of benzene rings is 3. The van der Waals surface area contributed by atoms with E-state index in [2.05, 4.69) is 22.6 Å². The molecule has 0 heterocycles. The van der Waals surface area contributed by atoms with Crippen LogP contribution in [0.15, 0.2) is 77.7 Å². The molecule has 1 unspecified atom stereocenters. The maximum absolute atomic E-state index is 11.9. The van der Waals surface area contributed by atoms with E-state index >= 15 is 0 Å². The minimum atomic E-state index is -0.234. The van der Waals surface area contributed by atoms with Gasteiger partial charge in [0.05, 0.1) is 20.6 Å². The quantitative estimate of drug-likeness (QED) is 0.193. The molecule has 6 heteroatoms. The number of methoxy groups -OCH3 is 2. The molecule has 0 saturated heterocycles. The van der Waals surface area contributed by atoms with Crippen molar-refractivity contribution in [2.45, 2.75) is 16.6 Å². The van der Waals surface area contributed by atoms with Gasteiger partial charge in [0.1, 0.15) is 5.75 Å². The molecule has 4 nitrogen and oxygen atoms in total. The zero-order chi connectivity index (χ0) is 20.6. The summed E-state index contributed by atoms with van der Waals surface area (Å²) in [6.45, 7) is 0. The molecular formula is C23H21IO4S. The summed E-state index contributed by atoms with van der Waals surface area (Å²) in [5.41, 5.74) is 1.03. The van der Waals surface area contributed by atoms with Gasteiger partial charge in [-0.1, -0.05) is 30.3 Å². The minimum Gasteiger partial charge on any atom is -0.493 e. The van der Waals surface area contributed by atoms with Gasteiger partial charge in [0.2, 0.25) is 0 Å². The van der Waals surface area contributed by atoms with Crippen molar-refractivity contribution in [3.05, 3.63) is 81.9 Å². The van der Waals surface area contributed by atoms with Crippen molar-refractivity contribution >= 4 is 40.3 Å². The highest BCUT2D eigenvalue weighted by Gasteiger charge is 2.18. The first kappa shape index (κ1) is 21.5. The fourth-order valence-corrected chi connectivity index (χ4v) is 4.35. The van der Waals surface area contributed by atoms with Gasteiger partial charge in [0.25, 0.3) is 0 Å². The Kier molecular flexibility index (Phi) is 7.83. The Bertz CT molecular complexity index is 945. The Morgan fingerprint density at radius 2 is 1.69 bits per heavy atom. The van der Waals surface area contributed by atoms with Crippen molar-refractivity contribution in [2.75, 3.05) is 14.2 Å². The molecule has 3 aromatic carbocycles. The first-order valence-corrected chi connectivity index (χ1v) is 10.9. The third kappa shape index (κ3) is 6.14. The zero-order valence-electron chi connectivity index (χ0n) is 16.1. The Balaban J connectivity index is 1.79. The molecule has 0 saturated carbocycles. The predicted molar refractivity (Wildman–Crippen MR) is 124 cm³/mol. The number of ether oxygens (including phenoxy) is 3. The molecule has 3 aromatic rings. The Hall–Kier alpha value is -2.19. The summed E-state index contributed by atoms with van der Waals surface area (Å²) in [6.07, 6.45) is 0.293. The van der Waals surface area contributed by atoms with Gasteiger partial charge in [-0.2, -0.15) is 0 Å². The van der Waals surface area contributed by atoms with Gasteiger partial charge in [0.15, 0.2) is 11.5 Å². The van der Waals surface area contributed by atoms with Crippen LogP contribution in [-0.4, -0.2) is 20.2 Å². The molecular weight excluding hydrogens is 499 g/mol. The molecule has 0 aliphatic rings. The van der Waals surface area contributed by atoms with Gasteiger partial charge in [-0.25, -0.2) is 0 Å². The number of esters is 1. The third-order valence-corrected chi connectivity index (χ3v) is 6.15. The van der Waals surface area contributed by atoms with Crippen LogP contribution in [0.2, 0.25) is 0 Å². The van der Waals surface area contributed by atoms with Crippen LogP contribution in [0.1, 0.15) is 17.2 Å². The van der Waals surface area contributed by atoms with Crippen LogP contribution in [-0.2, 0) is 9.53 Å². The molecule has 0 amide bonds. The Morgan fingerprint density at radius 1 is 0.966 bits per heavy atom. The number of rotatable bonds is 8. The Morgan fingerprint density at radius 3 is 2.34 bits per heavy atom. The SMILES string of the molecule is COC(=O)CC(Sc1ccccc1)c1ccc(Oc2cc(I)ccc2OC)cc1. The van der Waals surface area contributed by atoms with E-state index in [9.17, 15) is 4.79 Å². The number of hydrogen-bond acceptors (Lipinski definition) is 5. The van der Waals surface area contributed by atoms with Crippen LogP contribution < -0.4 is 9.47 Å². The maximum atomic E-state index is 11.9. The van der Waals surface area contributed by atoms with Crippen molar-refractivity contribution < 1.29 is 19.0 Å². The fraction of sp³-hybridized carbons (Fsp3) is 0.174. The lowest BCUT2D eigenvalue weighted by atomic mass is 10.1. The normalized spacial score (nSPS) is 11.6. The monoisotopic (exact) mass is 520 g/mol. The van der Waals surface area contributed by atoms with E-state index in [4.69, 9.17) is 14.2 Å². The van der Waals surface area contributed by atoms with E-state index in [-0.39, 0.29) is 11.2 Å². The highest BCUT2D eigenvalue weighted by molar-refractivity contribution is 14.1. The van der Waals surface area contributed by atoms with Gasteiger partial charge >= 0.3 is 5.97 Å². The molecule has 0 aliphatic heterocycles. The molecule has 0 N–H and O–H groups in total. The van der Waals surface area contributed by atoms with Gasteiger partial charge in [-0.15, -0.1) is 11.8 Å². The summed E-state index contributed by atoms with van der Waals surface area (Å²) in [5, 5.41) is -0.0499. The van der Waals surface area contributed by atoms with Gasteiger partial charge in [0, 0.05) is 13.7 Å². The molecule has 0 fully saturated rings. The van der Waals surface area contributed by atoms with Crippen molar-refractivity contribution in [2.24, 2.45) is 0 Å². The summed E-state index contributed by atoms with van der Waals surface area (Å²) in [7, 11) is 3.04. The number of thioether (sulfide) groups is 1. The fourth-order valence-electron chi connectivity index (χ4n) is 2.73. The number of carbonyl (C=O) groups excluding carboxylic acids is 1. The lowest BCUT2D eigenvalue weighted by Crippen LogP contribution is -2.06. The molecule has 3 rings (SSSR count). The molecule has 0 radical (unpaired) electrons. The molecule has 150 valence electrons. The largest absolute Gasteiger partial charge is 0.493 e. The van der Waals surface area contributed by atoms with Gasteiger partial charge < -0.3 is 14.2 Å². The van der Waals surface area contributed by atoms with E-state index in [1.807, 2.05) is 72.8 Å². The lowest BCUT2D eigenvalue weighted by Gasteiger charge is -2.17. The molecule has 0 spiro atoms. The van der Waals surface area contributed by atoms with E-state index in [1.54, 1.807) is 18.9 Å². The van der Waals surface area contributed by atoms with Crippen molar-refractivity contribution in [3.63, 3.8) is 0 Å². The second-order valence-corrected chi connectivity index (χ2v) is 8.69. The highest BCUT2D eigenvalue weighted by atomic mass is 127. The van der Waals surface area contributed by atoms with Crippen molar-refractivity contribution in [1.29, 1.82) is 0 Å². The first-order chi connectivity index (χ1) is 14.1. The van der Waals surface area contributed by atoms with E-state index in [0.29, 0.717) is 23.7 Å². The second kappa shape index (κ2) is 10.5. The second-order valence-electron chi connectivity index (χ2n) is 6.17. The molecule has 0 bridgehead atoms. The van der Waals surface area contributed by atoms with Crippen LogP contribution in [0.4, 0.5) is 0 Å². The third-order valence-electron chi connectivity index (χ3n) is 4.21. The standard InChI is InChI=1S/C23H21IO4S/c1-26-20-13-10-17(24)14-21(20)28-18-11-8-16(9-12-18)22(15-23(25)27-2)29-19-6-4-3-5-7-19/h3-14,22H,15H2,1-2H3. The topological polar surface area (TPSA) is 44.8 Å². The summed E-state index contributed by atoms with van der Waals surface area (Å²) < 4.78 is 17.3. The van der Waals surface area contributed by atoms with Crippen LogP contribution in [0.5, 0.6) is 17.2 Å². The molecule has 29 heavy (non-hydrogen) atoms. The lowest BCUT2D eigenvalue weighted by molar-refractivity contribution is -0.140. The van der Waals surface area contributed by atoms with Crippen LogP contribution in [0.3, 0.4) is 0 Å². The Labute approximate surface area is 188 Å². The van der Waals surface area contributed by atoms with E-state index in [0.717, 1.165) is 14.0 Å². The summed E-state index contributed by atoms with van der Waals surface area (Å²) >= 11 is 3.88. The van der Waals surface area contributed by atoms with E-state index in [1.165, 1.54) is 7.11 Å². The zero-order valence-corrected chi connectivity index (χ0v) is 19.1. The maximum Gasteiger partial charge on any atom is 0.306 e. The average molecular weight is 520 g/mol. The summed E-state index contributed by atoms with van der Waals surface area (Å²) in [4.78, 5) is 13.0. The first-order valence-electron chi connectivity index (χ1n) is 8.99. The van der Waals surface area contributed by atoms with Crippen LogP contribution in [0, 0.1) is 3.57 Å². The smallest absolute Gasteiger partial charge is 0.306 e.